The average molecular weight is 262 g/mol. The highest BCUT2D eigenvalue weighted by Crippen LogP contribution is 2.29. The topological polar surface area (TPSA) is 42.2 Å². The van der Waals surface area contributed by atoms with E-state index in [1.165, 1.54) is 0 Å². The Labute approximate surface area is 107 Å². The van der Waals surface area contributed by atoms with Gasteiger partial charge in [0.1, 0.15) is 11.6 Å². The molecule has 3 nitrogen and oxygen atoms in total. The van der Waals surface area contributed by atoms with E-state index in [4.69, 9.17) is 28.9 Å². The minimum absolute atomic E-state index is 0.317. The third-order valence-electron chi connectivity index (χ3n) is 2.58. The number of halogens is 2. The van der Waals surface area contributed by atoms with Crippen molar-refractivity contribution in [2.24, 2.45) is 5.92 Å². The van der Waals surface area contributed by atoms with Crippen molar-refractivity contribution < 1.29 is 0 Å². The van der Waals surface area contributed by atoms with E-state index < -0.39 is 0 Å². The van der Waals surface area contributed by atoms with Crippen LogP contribution >= 0.6 is 23.2 Å². The lowest BCUT2D eigenvalue weighted by atomic mass is 10.1. The van der Waals surface area contributed by atoms with Crippen molar-refractivity contribution in [2.75, 3.05) is 24.2 Å². The minimum atomic E-state index is 0.317. The van der Waals surface area contributed by atoms with E-state index in [2.05, 4.69) is 18.8 Å². The van der Waals surface area contributed by atoms with Crippen LogP contribution in [0.5, 0.6) is 0 Å². The maximum Gasteiger partial charge on any atom is 0.149 e. The van der Waals surface area contributed by atoms with Crippen molar-refractivity contribution >= 4 is 34.8 Å². The first-order chi connectivity index (χ1) is 7.45. The van der Waals surface area contributed by atoms with Crippen molar-refractivity contribution in [3.63, 3.8) is 0 Å². The number of nitrogen functional groups attached to an aromatic ring is 1. The number of aromatic nitrogens is 1. The first-order valence-electron chi connectivity index (χ1n) is 5.28. The van der Waals surface area contributed by atoms with Gasteiger partial charge >= 0.3 is 0 Å². The van der Waals surface area contributed by atoms with Gasteiger partial charge in [-0.3, -0.25) is 0 Å². The van der Waals surface area contributed by atoms with Gasteiger partial charge in [0.15, 0.2) is 0 Å². The number of rotatable bonds is 4. The molecule has 1 atom stereocenters. The van der Waals surface area contributed by atoms with E-state index in [9.17, 15) is 0 Å². The Morgan fingerprint density at radius 2 is 2.06 bits per heavy atom. The minimum Gasteiger partial charge on any atom is -0.382 e. The molecule has 0 fully saturated rings. The van der Waals surface area contributed by atoms with Crippen LogP contribution in [0.2, 0.25) is 10.0 Å². The van der Waals surface area contributed by atoms with Crippen molar-refractivity contribution in [1.29, 1.82) is 0 Å². The van der Waals surface area contributed by atoms with E-state index in [1.54, 1.807) is 6.07 Å². The molecule has 0 aliphatic heterocycles. The summed E-state index contributed by atoms with van der Waals surface area (Å²) in [6.45, 7) is 5.23. The second-order valence-electron chi connectivity index (χ2n) is 4.05. The Kier molecular flexibility index (Phi) is 4.69. The van der Waals surface area contributed by atoms with Crippen LogP contribution < -0.4 is 10.6 Å². The quantitative estimate of drug-likeness (QED) is 0.903. The second kappa shape index (κ2) is 5.60. The third kappa shape index (κ3) is 3.16. The zero-order valence-electron chi connectivity index (χ0n) is 9.80. The zero-order chi connectivity index (χ0) is 12.3. The number of pyridine rings is 1. The van der Waals surface area contributed by atoms with E-state index >= 15 is 0 Å². The van der Waals surface area contributed by atoms with Crippen LogP contribution in [0.25, 0.3) is 0 Å². The van der Waals surface area contributed by atoms with Gasteiger partial charge in [-0.1, -0.05) is 43.5 Å². The highest BCUT2D eigenvalue weighted by atomic mass is 35.5. The first-order valence-corrected chi connectivity index (χ1v) is 6.04. The molecule has 1 rings (SSSR count). The fraction of sp³-hybridized carbons (Fsp3) is 0.545. The molecular formula is C11H17Cl2N3. The summed E-state index contributed by atoms with van der Waals surface area (Å²) in [4.78, 5) is 6.20. The summed E-state index contributed by atoms with van der Waals surface area (Å²) in [6, 6.07) is 1.63. The Morgan fingerprint density at radius 1 is 1.44 bits per heavy atom. The lowest BCUT2D eigenvalue weighted by molar-refractivity contribution is 0.558. The molecule has 1 aromatic heterocycles. The molecule has 0 aliphatic carbocycles. The fourth-order valence-electron chi connectivity index (χ4n) is 1.42. The summed E-state index contributed by atoms with van der Waals surface area (Å²) >= 11 is 11.9. The molecule has 0 bridgehead atoms. The van der Waals surface area contributed by atoms with E-state index in [0.29, 0.717) is 27.6 Å². The monoisotopic (exact) mass is 261 g/mol. The molecule has 0 radical (unpaired) electrons. The Hall–Kier alpha value is -0.670. The van der Waals surface area contributed by atoms with Crippen molar-refractivity contribution in [2.45, 2.75) is 20.3 Å². The predicted octanol–water partition coefficient (Wildman–Crippen LogP) is 3.45. The molecule has 5 heteroatoms. The van der Waals surface area contributed by atoms with E-state index in [0.717, 1.165) is 13.0 Å². The predicted molar refractivity (Wildman–Crippen MR) is 71.4 cm³/mol. The first kappa shape index (κ1) is 13.4. The van der Waals surface area contributed by atoms with Crippen LogP contribution in [0.3, 0.4) is 0 Å². The lowest BCUT2D eigenvalue weighted by Gasteiger charge is -2.23. The van der Waals surface area contributed by atoms with Crippen molar-refractivity contribution in [3.05, 3.63) is 16.1 Å². The van der Waals surface area contributed by atoms with Crippen molar-refractivity contribution in [1.82, 2.24) is 4.98 Å². The number of nitrogens with zero attached hydrogens (tertiary/aromatic N) is 2. The van der Waals surface area contributed by atoms with Crippen LogP contribution in [0.4, 0.5) is 11.6 Å². The Balaban J connectivity index is 2.91. The van der Waals surface area contributed by atoms with Crippen LogP contribution in [-0.4, -0.2) is 18.6 Å². The highest BCUT2D eigenvalue weighted by Gasteiger charge is 2.13. The molecule has 0 spiro atoms. The van der Waals surface area contributed by atoms with Gasteiger partial charge in [-0.25, -0.2) is 4.98 Å². The van der Waals surface area contributed by atoms with Gasteiger partial charge in [0, 0.05) is 13.6 Å². The number of hydrogen-bond acceptors (Lipinski definition) is 3. The number of nitrogens with two attached hydrogens (primary N) is 1. The molecule has 1 unspecified atom stereocenters. The van der Waals surface area contributed by atoms with Gasteiger partial charge in [-0.15, -0.1) is 0 Å². The standard InChI is InChI=1S/C11H17Cl2N3/c1-4-7(2)6-16(3)11-9(13)5-8(12)10(14)15-11/h5,7H,4,6H2,1-3H3,(H2,14,15). The van der Waals surface area contributed by atoms with E-state index in [-0.39, 0.29) is 0 Å². The summed E-state index contributed by atoms with van der Waals surface area (Å²) in [6.07, 6.45) is 1.12. The molecular weight excluding hydrogens is 245 g/mol. The smallest absolute Gasteiger partial charge is 0.149 e. The highest BCUT2D eigenvalue weighted by molar-refractivity contribution is 6.37. The second-order valence-corrected chi connectivity index (χ2v) is 4.87. The Morgan fingerprint density at radius 3 is 2.62 bits per heavy atom. The van der Waals surface area contributed by atoms with Gasteiger partial charge in [-0.05, 0) is 12.0 Å². The third-order valence-corrected chi connectivity index (χ3v) is 3.16. The van der Waals surface area contributed by atoms with Gasteiger partial charge in [0.2, 0.25) is 0 Å². The molecule has 0 saturated heterocycles. The van der Waals surface area contributed by atoms with Crippen molar-refractivity contribution in [3.8, 4) is 0 Å². The molecule has 1 heterocycles. The van der Waals surface area contributed by atoms with Gasteiger partial charge in [0.25, 0.3) is 0 Å². The Bertz CT molecular complexity index is 368. The lowest BCUT2D eigenvalue weighted by Crippen LogP contribution is -2.25. The summed E-state index contributed by atoms with van der Waals surface area (Å²) in [5, 5.41) is 0.927. The molecule has 0 aromatic carbocycles. The summed E-state index contributed by atoms with van der Waals surface area (Å²) < 4.78 is 0. The summed E-state index contributed by atoms with van der Waals surface area (Å²) in [5.41, 5.74) is 5.66. The molecule has 2 N–H and O–H groups in total. The van der Waals surface area contributed by atoms with Gasteiger partial charge in [0.05, 0.1) is 10.0 Å². The summed E-state index contributed by atoms with van der Waals surface area (Å²) in [5.74, 6) is 1.58. The fourth-order valence-corrected chi connectivity index (χ4v) is 1.92. The van der Waals surface area contributed by atoms with Crippen LogP contribution in [0.15, 0.2) is 6.07 Å². The maximum absolute atomic E-state index is 6.08. The van der Waals surface area contributed by atoms with E-state index in [1.807, 2.05) is 11.9 Å². The number of anilines is 2. The molecule has 0 aliphatic rings. The summed E-state index contributed by atoms with van der Waals surface area (Å²) in [7, 11) is 1.95. The molecule has 90 valence electrons. The SMILES string of the molecule is CCC(C)CN(C)c1nc(N)c(Cl)cc1Cl. The number of hydrogen-bond donors (Lipinski definition) is 1. The van der Waals surface area contributed by atoms with Crippen LogP contribution in [-0.2, 0) is 0 Å². The maximum atomic E-state index is 6.08. The van der Waals surface area contributed by atoms with Gasteiger partial charge in [-0.2, -0.15) is 0 Å². The molecule has 0 amide bonds. The van der Waals surface area contributed by atoms with Gasteiger partial charge < -0.3 is 10.6 Å². The van der Waals surface area contributed by atoms with Crippen LogP contribution in [0, 0.1) is 5.92 Å². The molecule has 0 saturated carbocycles. The molecule has 16 heavy (non-hydrogen) atoms. The zero-order valence-corrected chi connectivity index (χ0v) is 11.3. The average Bonchev–Trinajstić information content (AvgIpc) is 2.23. The largest absolute Gasteiger partial charge is 0.382 e. The molecule has 1 aromatic rings. The van der Waals surface area contributed by atoms with Crippen LogP contribution in [0.1, 0.15) is 20.3 Å². The normalized spacial score (nSPS) is 12.6.